The van der Waals surface area contributed by atoms with Gasteiger partial charge in [0.15, 0.2) is 5.78 Å². The minimum Gasteiger partial charge on any atom is -0.471 e. The lowest BCUT2D eigenvalue weighted by atomic mass is 9.80. The van der Waals surface area contributed by atoms with Crippen molar-refractivity contribution in [1.29, 1.82) is 0 Å². The van der Waals surface area contributed by atoms with E-state index in [9.17, 15) is 9.90 Å². The molecule has 0 aromatic carbocycles. The monoisotopic (exact) mass is 421 g/mol. The number of hydrogen-bond acceptors (Lipinski definition) is 4. The summed E-state index contributed by atoms with van der Waals surface area (Å²) in [5.41, 5.74) is -0.144. The highest BCUT2D eigenvalue weighted by Crippen LogP contribution is 2.31. The summed E-state index contributed by atoms with van der Waals surface area (Å²) < 4.78 is 5.31. The van der Waals surface area contributed by atoms with Gasteiger partial charge in [-0.1, -0.05) is 64.0 Å². The Morgan fingerprint density at radius 1 is 1.34 bits per heavy atom. The summed E-state index contributed by atoms with van der Waals surface area (Å²) >= 11 is 4.93. The van der Waals surface area contributed by atoms with Crippen molar-refractivity contribution < 1.29 is 14.6 Å². The molecule has 0 aliphatic heterocycles. The first kappa shape index (κ1) is 25.6. The molecular formula is C24H39NO3S. The average molecular weight is 422 g/mol. The maximum absolute atomic E-state index is 12.2. The summed E-state index contributed by atoms with van der Waals surface area (Å²) in [5.74, 6) is 0.197. The molecule has 0 bridgehead atoms. The molecule has 1 aliphatic carbocycles. The number of carbonyl (C=O) groups excluding carboxylic acids is 1. The molecule has 164 valence electrons. The van der Waals surface area contributed by atoms with Crippen LogP contribution < -0.4 is 5.32 Å². The van der Waals surface area contributed by atoms with Crippen LogP contribution in [0.25, 0.3) is 0 Å². The van der Waals surface area contributed by atoms with E-state index in [0.29, 0.717) is 11.8 Å². The number of nitrogens with one attached hydrogen (secondary N) is 1. The van der Waals surface area contributed by atoms with Gasteiger partial charge in [-0.05, 0) is 55.8 Å². The number of thiocarbonyl (C=S) groups is 1. The number of aliphatic hydroxyl groups is 1. The average Bonchev–Trinajstić information content (AvgIpc) is 3.05. The summed E-state index contributed by atoms with van der Waals surface area (Å²) in [4.78, 5) is 12.2. The molecule has 1 aliphatic rings. The van der Waals surface area contributed by atoms with Crippen LogP contribution in [0.2, 0.25) is 0 Å². The zero-order valence-corrected chi connectivity index (χ0v) is 19.3. The molecule has 29 heavy (non-hydrogen) atoms. The Morgan fingerprint density at radius 2 is 2.10 bits per heavy atom. The summed E-state index contributed by atoms with van der Waals surface area (Å²) in [6, 6.07) is 0. The number of ether oxygens (including phenoxy) is 1. The van der Waals surface area contributed by atoms with E-state index in [0.717, 1.165) is 44.9 Å². The van der Waals surface area contributed by atoms with Crippen LogP contribution in [0.15, 0.2) is 36.5 Å². The highest BCUT2D eigenvalue weighted by Gasteiger charge is 2.29. The molecule has 4 nitrogen and oxygen atoms in total. The molecule has 0 spiro atoms. The predicted molar refractivity (Wildman–Crippen MR) is 125 cm³/mol. The second-order valence-corrected chi connectivity index (χ2v) is 8.83. The van der Waals surface area contributed by atoms with E-state index in [1.807, 2.05) is 18.2 Å². The first-order valence-corrected chi connectivity index (χ1v) is 11.3. The van der Waals surface area contributed by atoms with Crippen molar-refractivity contribution in [2.45, 2.75) is 71.8 Å². The lowest BCUT2D eigenvalue weighted by Gasteiger charge is -2.28. The third-order valence-corrected chi connectivity index (χ3v) is 5.88. The Kier molecular flexibility index (Phi) is 12.1. The SMILES string of the molecule is CCCCC(C)(C)[C@H](O)C=C[C@H]1C=CC(=O)[C@@H]1CC=CCCCCOC(=S)NC. The first-order valence-electron chi connectivity index (χ1n) is 10.9. The fraction of sp³-hybridized carbons (Fsp3) is 0.667. The summed E-state index contributed by atoms with van der Waals surface area (Å²) in [6.07, 6.45) is 18.2. The van der Waals surface area contributed by atoms with Gasteiger partial charge in [-0.25, -0.2) is 0 Å². The van der Waals surface area contributed by atoms with Crippen LogP contribution in [0.3, 0.4) is 0 Å². The van der Waals surface area contributed by atoms with Gasteiger partial charge in [-0.15, -0.1) is 0 Å². The third kappa shape index (κ3) is 9.72. The summed E-state index contributed by atoms with van der Waals surface area (Å²) in [5, 5.41) is 13.8. The number of ketones is 1. The van der Waals surface area contributed by atoms with Crippen LogP contribution in [-0.4, -0.2) is 35.8 Å². The zero-order chi connectivity index (χ0) is 21.7. The molecule has 0 amide bonds. The summed E-state index contributed by atoms with van der Waals surface area (Å²) in [7, 11) is 1.75. The van der Waals surface area contributed by atoms with Gasteiger partial charge in [-0.2, -0.15) is 0 Å². The molecule has 0 heterocycles. The minimum absolute atomic E-state index is 0.0511. The van der Waals surface area contributed by atoms with Gasteiger partial charge in [0.2, 0.25) is 0 Å². The van der Waals surface area contributed by atoms with E-state index in [2.05, 4.69) is 38.2 Å². The lowest BCUT2D eigenvalue weighted by Crippen LogP contribution is -2.27. The molecule has 0 radical (unpaired) electrons. The van der Waals surface area contributed by atoms with Gasteiger partial charge < -0.3 is 15.2 Å². The Balaban J connectivity index is 2.41. The second-order valence-electron chi connectivity index (χ2n) is 8.46. The molecule has 0 saturated heterocycles. The predicted octanol–water partition coefficient (Wildman–Crippen LogP) is 5.13. The van der Waals surface area contributed by atoms with Crippen LogP contribution in [-0.2, 0) is 9.53 Å². The Morgan fingerprint density at radius 3 is 2.79 bits per heavy atom. The van der Waals surface area contributed by atoms with E-state index >= 15 is 0 Å². The van der Waals surface area contributed by atoms with Crippen molar-refractivity contribution >= 4 is 23.2 Å². The number of unbranched alkanes of at least 4 members (excludes halogenated alkanes) is 3. The third-order valence-electron chi connectivity index (χ3n) is 5.56. The molecular weight excluding hydrogens is 382 g/mol. The fourth-order valence-electron chi connectivity index (χ4n) is 3.36. The minimum atomic E-state index is -0.493. The fourth-order valence-corrected chi connectivity index (χ4v) is 3.44. The molecule has 0 aromatic rings. The van der Waals surface area contributed by atoms with E-state index in [1.165, 1.54) is 0 Å². The normalized spacial score (nSPS) is 20.7. The molecule has 0 saturated carbocycles. The molecule has 2 N–H and O–H groups in total. The van der Waals surface area contributed by atoms with Crippen LogP contribution in [0, 0.1) is 17.3 Å². The van der Waals surface area contributed by atoms with Gasteiger partial charge >= 0.3 is 0 Å². The number of aliphatic hydroxyl groups excluding tert-OH is 1. The highest BCUT2D eigenvalue weighted by molar-refractivity contribution is 7.80. The first-order chi connectivity index (χ1) is 13.8. The van der Waals surface area contributed by atoms with Crippen LogP contribution in [0.5, 0.6) is 0 Å². The standard InChI is InChI=1S/C24H39NO3S/c1-5-6-17-24(2,3)22(27)16-14-19-13-15-21(26)20(19)12-10-8-7-9-11-18-28-23(29)25-4/h8,10,13-16,19-20,22,27H,5-7,9,11-12,17-18H2,1-4H3,(H,25,29)/t19-,20-,22-/m1/s1. The Labute approximate surface area is 182 Å². The van der Waals surface area contributed by atoms with Crippen molar-refractivity contribution in [2.75, 3.05) is 13.7 Å². The highest BCUT2D eigenvalue weighted by atomic mass is 32.1. The van der Waals surface area contributed by atoms with Gasteiger partial charge in [0.05, 0.1) is 12.7 Å². The zero-order valence-electron chi connectivity index (χ0n) is 18.5. The molecule has 0 aromatic heterocycles. The number of rotatable bonds is 13. The smallest absolute Gasteiger partial charge is 0.256 e. The van der Waals surface area contributed by atoms with E-state index in [4.69, 9.17) is 17.0 Å². The van der Waals surface area contributed by atoms with E-state index in [-0.39, 0.29) is 23.0 Å². The Bertz CT molecular complexity index is 595. The van der Waals surface area contributed by atoms with Crippen molar-refractivity contribution in [2.24, 2.45) is 17.3 Å². The molecule has 5 heteroatoms. The molecule has 0 unspecified atom stereocenters. The number of hydrogen-bond donors (Lipinski definition) is 2. The van der Waals surface area contributed by atoms with Crippen LogP contribution in [0.1, 0.15) is 65.7 Å². The van der Waals surface area contributed by atoms with Gasteiger partial charge in [0.25, 0.3) is 5.17 Å². The van der Waals surface area contributed by atoms with Crippen LogP contribution in [0.4, 0.5) is 0 Å². The maximum Gasteiger partial charge on any atom is 0.256 e. The number of carbonyl (C=O) groups is 1. The van der Waals surface area contributed by atoms with Gasteiger partial charge in [-0.3, -0.25) is 4.79 Å². The second kappa shape index (κ2) is 13.7. The van der Waals surface area contributed by atoms with Crippen molar-refractivity contribution in [1.82, 2.24) is 5.32 Å². The van der Waals surface area contributed by atoms with Gasteiger partial charge in [0.1, 0.15) is 0 Å². The quantitative estimate of drug-likeness (QED) is 0.245. The lowest BCUT2D eigenvalue weighted by molar-refractivity contribution is -0.117. The van der Waals surface area contributed by atoms with E-state index in [1.54, 1.807) is 13.1 Å². The van der Waals surface area contributed by atoms with Crippen molar-refractivity contribution in [3.8, 4) is 0 Å². The molecule has 1 rings (SSSR count). The van der Waals surface area contributed by atoms with Crippen LogP contribution >= 0.6 is 12.2 Å². The molecule has 3 atom stereocenters. The number of allylic oxidation sites excluding steroid dienone is 5. The van der Waals surface area contributed by atoms with Crippen molar-refractivity contribution in [3.05, 3.63) is 36.5 Å². The Hall–Kier alpha value is -1.46. The topological polar surface area (TPSA) is 58.6 Å². The summed E-state index contributed by atoms with van der Waals surface area (Å²) in [6.45, 7) is 7.00. The molecule has 0 fully saturated rings. The largest absolute Gasteiger partial charge is 0.471 e. The van der Waals surface area contributed by atoms with Crippen molar-refractivity contribution in [3.63, 3.8) is 0 Å². The van der Waals surface area contributed by atoms with E-state index < -0.39 is 6.10 Å². The maximum atomic E-state index is 12.2. The van der Waals surface area contributed by atoms with Gasteiger partial charge in [0, 0.05) is 18.9 Å².